The first kappa shape index (κ1) is 31.1. The maximum atomic E-state index is 14.4. The number of ketones is 1. The first-order chi connectivity index (χ1) is 16.6. The molecular formula is C24H32F7NO4Si. The quantitative estimate of drug-likeness (QED) is 0.265. The second-order valence-corrected chi connectivity index (χ2v) is 15.4. The maximum absolute atomic E-state index is 14.4. The van der Waals surface area contributed by atoms with E-state index in [1.54, 1.807) is 37.8 Å². The summed E-state index contributed by atoms with van der Waals surface area (Å²) in [5.74, 6) is -15.0. The zero-order valence-corrected chi connectivity index (χ0v) is 22.6. The minimum atomic E-state index is -6.64. The molecule has 5 nitrogen and oxygen atoms in total. The molecule has 1 atom stereocenters. The van der Waals surface area contributed by atoms with Crippen molar-refractivity contribution in [3.05, 3.63) is 29.3 Å². The molecule has 1 aromatic rings. The van der Waals surface area contributed by atoms with Gasteiger partial charge < -0.3 is 14.1 Å². The van der Waals surface area contributed by atoms with Crippen LogP contribution in [-0.4, -0.2) is 67.7 Å². The van der Waals surface area contributed by atoms with Gasteiger partial charge in [-0.2, -0.15) is 30.7 Å². The molecule has 1 aromatic carbocycles. The lowest BCUT2D eigenvalue weighted by Crippen LogP contribution is -2.64. The molecule has 13 heteroatoms. The van der Waals surface area contributed by atoms with Crippen molar-refractivity contribution >= 4 is 20.0 Å². The van der Waals surface area contributed by atoms with E-state index < -0.39 is 50.4 Å². The van der Waals surface area contributed by atoms with E-state index in [9.17, 15) is 40.3 Å². The van der Waals surface area contributed by atoms with Crippen LogP contribution in [0.5, 0.6) is 5.75 Å². The summed E-state index contributed by atoms with van der Waals surface area (Å²) >= 11 is 0. The second kappa shape index (κ2) is 10.5. The van der Waals surface area contributed by atoms with E-state index in [1.165, 1.54) is 20.8 Å². The number of hydrogen-bond acceptors (Lipinski definition) is 4. The van der Waals surface area contributed by atoms with Crippen molar-refractivity contribution < 1.29 is 49.5 Å². The lowest BCUT2D eigenvalue weighted by Gasteiger charge is -2.42. The number of fused-ring (bicyclic) bond motifs is 1. The molecule has 0 saturated heterocycles. The standard InChI is InChI=1S/C24H32F7NO4Si/c1-21(2,3)32(20(34)22(25,26)23(27,28)24(29,30)31)13-15(36-37(4,5)6)14-35-19-12-8-9-16-17(19)10-7-11-18(16)33/h8-9,12,15H,7,10-11,13-14H2,1-6H3. The largest absolute Gasteiger partial charge is 0.491 e. The van der Waals surface area contributed by atoms with Gasteiger partial charge in [-0.25, -0.2) is 0 Å². The number of alkyl halides is 7. The Hall–Kier alpha value is -2.15. The Morgan fingerprint density at radius 2 is 1.62 bits per heavy atom. The molecule has 0 fully saturated rings. The van der Waals surface area contributed by atoms with Gasteiger partial charge in [-0.15, -0.1) is 0 Å². The highest BCUT2D eigenvalue weighted by Crippen LogP contribution is 2.47. The van der Waals surface area contributed by atoms with Crippen LogP contribution in [0.15, 0.2) is 18.2 Å². The normalized spacial score (nSPS) is 16.3. The zero-order valence-electron chi connectivity index (χ0n) is 21.6. The molecule has 0 radical (unpaired) electrons. The lowest BCUT2D eigenvalue weighted by atomic mass is 9.90. The van der Waals surface area contributed by atoms with Crippen molar-refractivity contribution in [2.24, 2.45) is 0 Å². The number of rotatable bonds is 9. The van der Waals surface area contributed by atoms with Crippen LogP contribution in [0.2, 0.25) is 19.6 Å². The number of hydrogen-bond donors (Lipinski definition) is 0. The third kappa shape index (κ3) is 7.04. The van der Waals surface area contributed by atoms with Crippen LogP contribution in [0.1, 0.15) is 49.5 Å². The molecule has 0 saturated carbocycles. The summed E-state index contributed by atoms with van der Waals surface area (Å²) in [5.41, 5.74) is -0.417. The number of ether oxygens (including phenoxy) is 1. The highest BCUT2D eigenvalue weighted by atomic mass is 28.4. The molecule has 210 valence electrons. The molecule has 0 heterocycles. The van der Waals surface area contributed by atoms with Crippen LogP contribution in [0.3, 0.4) is 0 Å². The average Bonchev–Trinajstić information content (AvgIpc) is 2.72. The highest BCUT2D eigenvalue weighted by Gasteiger charge is 2.77. The van der Waals surface area contributed by atoms with Crippen LogP contribution >= 0.6 is 0 Å². The lowest BCUT2D eigenvalue weighted by molar-refractivity contribution is -0.346. The number of benzene rings is 1. The molecule has 0 bridgehead atoms. The number of Topliss-reactive ketones (excluding diaryl/α,β-unsaturated/α-hetero) is 1. The monoisotopic (exact) mass is 559 g/mol. The number of carbonyl (C=O) groups excluding carboxylic acids is 2. The summed E-state index contributed by atoms with van der Waals surface area (Å²) in [6, 6.07) is 4.87. The molecule has 0 aliphatic heterocycles. The van der Waals surface area contributed by atoms with E-state index in [1.807, 2.05) is 0 Å². The summed E-state index contributed by atoms with van der Waals surface area (Å²) in [6.45, 7) is 7.89. The van der Waals surface area contributed by atoms with Crippen LogP contribution in [0.4, 0.5) is 30.7 Å². The zero-order chi connectivity index (χ0) is 28.6. The molecule has 1 amide bonds. The van der Waals surface area contributed by atoms with Crippen molar-refractivity contribution in [3.8, 4) is 5.75 Å². The van der Waals surface area contributed by atoms with Gasteiger partial charge in [0.25, 0.3) is 0 Å². The predicted molar refractivity (Wildman–Crippen MR) is 125 cm³/mol. The van der Waals surface area contributed by atoms with Crippen molar-refractivity contribution in [1.82, 2.24) is 4.90 Å². The number of nitrogens with zero attached hydrogens (tertiary/aromatic N) is 1. The van der Waals surface area contributed by atoms with Gasteiger partial charge in [-0.05, 0) is 59.3 Å². The van der Waals surface area contributed by atoms with E-state index in [2.05, 4.69) is 0 Å². The Morgan fingerprint density at radius 3 is 2.14 bits per heavy atom. The summed E-state index contributed by atoms with van der Waals surface area (Å²) in [4.78, 5) is 25.1. The molecule has 0 spiro atoms. The predicted octanol–water partition coefficient (Wildman–Crippen LogP) is 6.26. The Balaban J connectivity index is 2.38. The maximum Gasteiger partial charge on any atom is 0.460 e. The minimum Gasteiger partial charge on any atom is -0.491 e. The van der Waals surface area contributed by atoms with Gasteiger partial charge in [0.1, 0.15) is 12.4 Å². The number of halogens is 7. The average molecular weight is 560 g/mol. The summed E-state index contributed by atoms with van der Waals surface area (Å²) in [6.07, 6.45) is -6.23. The molecule has 1 aliphatic rings. The Labute approximate surface area is 212 Å². The molecule has 1 aliphatic carbocycles. The van der Waals surface area contributed by atoms with E-state index in [-0.39, 0.29) is 17.3 Å². The fourth-order valence-corrected chi connectivity index (χ4v) is 5.08. The minimum absolute atomic E-state index is 0.0565. The van der Waals surface area contributed by atoms with Crippen LogP contribution in [0, 0.1) is 0 Å². The van der Waals surface area contributed by atoms with Gasteiger partial charge in [0.15, 0.2) is 14.1 Å². The smallest absolute Gasteiger partial charge is 0.460 e. The molecule has 0 N–H and O–H groups in total. The molecule has 2 rings (SSSR count). The summed E-state index contributed by atoms with van der Waals surface area (Å²) in [7, 11) is -2.46. The topological polar surface area (TPSA) is 55.8 Å². The van der Waals surface area contributed by atoms with Gasteiger partial charge in [0.05, 0.1) is 6.10 Å². The van der Waals surface area contributed by atoms with Gasteiger partial charge in [0, 0.05) is 29.6 Å². The van der Waals surface area contributed by atoms with Crippen molar-refractivity contribution in [2.75, 3.05) is 13.2 Å². The second-order valence-electron chi connectivity index (χ2n) is 11.0. The van der Waals surface area contributed by atoms with E-state index in [0.717, 1.165) is 0 Å². The molecule has 37 heavy (non-hydrogen) atoms. The van der Waals surface area contributed by atoms with E-state index in [4.69, 9.17) is 9.16 Å². The van der Waals surface area contributed by atoms with Crippen molar-refractivity contribution in [2.45, 2.75) is 89.3 Å². The third-order valence-corrected chi connectivity index (χ3v) is 6.71. The van der Waals surface area contributed by atoms with Gasteiger partial charge >= 0.3 is 23.9 Å². The Morgan fingerprint density at radius 1 is 1.03 bits per heavy atom. The van der Waals surface area contributed by atoms with E-state index >= 15 is 0 Å². The van der Waals surface area contributed by atoms with Gasteiger partial charge in [0.2, 0.25) is 0 Å². The fourth-order valence-electron chi connectivity index (χ4n) is 3.93. The van der Waals surface area contributed by atoms with Crippen molar-refractivity contribution in [3.63, 3.8) is 0 Å². The summed E-state index contributed by atoms with van der Waals surface area (Å²) < 4.78 is 106. The third-order valence-electron chi connectivity index (χ3n) is 5.67. The molecule has 1 unspecified atom stereocenters. The van der Waals surface area contributed by atoms with Crippen LogP contribution in [-0.2, 0) is 15.6 Å². The highest BCUT2D eigenvalue weighted by molar-refractivity contribution is 6.69. The fraction of sp³-hybridized carbons (Fsp3) is 0.667. The first-order valence-corrected chi connectivity index (χ1v) is 15.1. The van der Waals surface area contributed by atoms with E-state index in [0.29, 0.717) is 36.1 Å². The Kier molecular flexibility index (Phi) is 8.85. The number of amides is 1. The van der Waals surface area contributed by atoms with Gasteiger partial charge in [-0.3, -0.25) is 9.59 Å². The first-order valence-electron chi connectivity index (χ1n) is 11.7. The number of carbonyl (C=O) groups is 2. The Bertz CT molecular complexity index is 1000. The van der Waals surface area contributed by atoms with Crippen LogP contribution < -0.4 is 4.74 Å². The molecular weight excluding hydrogens is 527 g/mol. The SMILES string of the molecule is CC(C)(C)N(CC(COc1cccc2c1CCCC2=O)O[Si](C)(C)C)C(=O)C(F)(F)C(F)(F)C(F)(F)F. The van der Waals surface area contributed by atoms with Gasteiger partial charge in [-0.1, -0.05) is 12.1 Å². The van der Waals surface area contributed by atoms with Crippen LogP contribution in [0.25, 0.3) is 0 Å². The van der Waals surface area contributed by atoms with Crippen molar-refractivity contribution in [1.29, 1.82) is 0 Å². The molecule has 0 aromatic heterocycles. The summed E-state index contributed by atoms with van der Waals surface area (Å²) in [5, 5.41) is 0.